The van der Waals surface area contributed by atoms with Crippen molar-refractivity contribution >= 4 is 0 Å². The summed E-state index contributed by atoms with van der Waals surface area (Å²) in [6.07, 6.45) is 6.78. The predicted molar refractivity (Wildman–Crippen MR) is 71.0 cm³/mol. The van der Waals surface area contributed by atoms with Gasteiger partial charge in [0.05, 0.1) is 12.7 Å². The first kappa shape index (κ1) is 12.1. The molecule has 1 atom stereocenters. The molecule has 2 aromatic rings. The Balaban J connectivity index is 1.63. The van der Waals surface area contributed by atoms with Gasteiger partial charge in [0.2, 0.25) is 0 Å². The number of aromatic nitrogens is 2. The molecule has 0 radical (unpaired) electrons. The van der Waals surface area contributed by atoms with E-state index in [1.165, 1.54) is 17.5 Å². The molecular formula is C15H16N2O2. The van der Waals surface area contributed by atoms with Crippen LogP contribution >= 0.6 is 0 Å². The summed E-state index contributed by atoms with van der Waals surface area (Å²) in [6.45, 7) is 0.781. The number of ether oxygens (including phenoxy) is 1. The molecule has 19 heavy (non-hydrogen) atoms. The molecule has 0 amide bonds. The monoisotopic (exact) mass is 256 g/mol. The minimum atomic E-state index is -0.509. The van der Waals surface area contributed by atoms with Crippen molar-refractivity contribution in [1.82, 2.24) is 9.97 Å². The highest BCUT2D eigenvalue weighted by Crippen LogP contribution is 2.27. The van der Waals surface area contributed by atoms with E-state index in [0.717, 1.165) is 30.8 Å². The first-order chi connectivity index (χ1) is 9.33. The summed E-state index contributed by atoms with van der Waals surface area (Å²) in [4.78, 5) is 7.84. The summed E-state index contributed by atoms with van der Waals surface area (Å²) in [6, 6.07) is 6.27. The van der Waals surface area contributed by atoms with Crippen LogP contribution in [-0.4, -0.2) is 21.7 Å². The molecular weight excluding hydrogens is 240 g/mol. The van der Waals surface area contributed by atoms with Gasteiger partial charge >= 0.3 is 0 Å². The normalized spacial score (nSPS) is 14.8. The number of aliphatic hydroxyl groups excluding tert-OH is 1. The van der Waals surface area contributed by atoms with Crippen LogP contribution in [0.5, 0.6) is 5.75 Å². The van der Waals surface area contributed by atoms with Crippen molar-refractivity contribution in [2.75, 3.05) is 6.61 Å². The lowest BCUT2D eigenvalue weighted by Crippen LogP contribution is -2.01. The number of nitrogens with zero attached hydrogens (tertiary/aromatic N) is 2. The average molecular weight is 256 g/mol. The SMILES string of the molecule is OC(CCc1ccc2c(c1)CCO2)c1cncnc1. The number of aliphatic hydroxyl groups is 1. The van der Waals surface area contributed by atoms with E-state index in [4.69, 9.17) is 4.74 Å². The maximum Gasteiger partial charge on any atom is 0.122 e. The van der Waals surface area contributed by atoms with Crippen LogP contribution in [-0.2, 0) is 12.8 Å². The zero-order valence-electron chi connectivity index (χ0n) is 10.6. The van der Waals surface area contributed by atoms with Gasteiger partial charge in [-0.15, -0.1) is 0 Å². The predicted octanol–water partition coefficient (Wildman–Crippen LogP) is 2.08. The number of hydrogen-bond acceptors (Lipinski definition) is 4. The molecule has 0 spiro atoms. The van der Waals surface area contributed by atoms with Crippen molar-refractivity contribution in [2.45, 2.75) is 25.4 Å². The van der Waals surface area contributed by atoms with Crippen LogP contribution in [0, 0.1) is 0 Å². The molecule has 2 heterocycles. The number of hydrogen-bond donors (Lipinski definition) is 1. The molecule has 3 rings (SSSR count). The van der Waals surface area contributed by atoms with Crippen LogP contribution in [0.4, 0.5) is 0 Å². The van der Waals surface area contributed by atoms with Crippen LogP contribution < -0.4 is 4.74 Å². The fourth-order valence-corrected chi connectivity index (χ4v) is 2.35. The van der Waals surface area contributed by atoms with Crippen LogP contribution in [0.2, 0.25) is 0 Å². The summed E-state index contributed by atoms with van der Waals surface area (Å²) >= 11 is 0. The summed E-state index contributed by atoms with van der Waals surface area (Å²) in [7, 11) is 0. The summed E-state index contributed by atoms with van der Waals surface area (Å²) in [5.41, 5.74) is 3.28. The lowest BCUT2D eigenvalue weighted by atomic mass is 10.0. The van der Waals surface area contributed by atoms with Crippen LogP contribution in [0.15, 0.2) is 36.9 Å². The van der Waals surface area contributed by atoms with E-state index < -0.39 is 6.10 Å². The lowest BCUT2D eigenvalue weighted by Gasteiger charge is -2.10. The second kappa shape index (κ2) is 5.36. The zero-order chi connectivity index (χ0) is 13.1. The van der Waals surface area contributed by atoms with E-state index in [-0.39, 0.29) is 0 Å². The molecule has 1 aromatic carbocycles. The Kier molecular flexibility index (Phi) is 3.42. The van der Waals surface area contributed by atoms with Gasteiger partial charge in [-0.05, 0) is 30.0 Å². The summed E-state index contributed by atoms with van der Waals surface area (Å²) in [5.74, 6) is 1.00. The van der Waals surface area contributed by atoms with Gasteiger partial charge in [-0.3, -0.25) is 0 Å². The van der Waals surface area contributed by atoms with Crippen molar-refractivity contribution < 1.29 is 9.84 Å². The van der Waals surface area contributed by atoms with E-state index in [1.54, 1.807) is 12.4 Å². The highest BCUT2D eigenvalue weighted by atomic mass is 16.5. The minimum Gasteiger partial charge on any atom is -0.493 e. The van der Waals surface area contributed by atoms with E-state index in [0.29, 0.717) is 6.42 Å². The molecule has 1 aliphatic rings. The molecule has 1 aromatic heterocycles. The van der Waals surface area contributed by atoms with Crippen molar-refractivity contribution in [2.24, 2.45) is 0 Å². The van der Waals surface area contributed by atoms with Gasteiger partial charge < -0.3 is 9.84 Å². The molecule has 0 saturated carbocycles. The molecule has 0 saturated heterocycles. The quantitative estimate of drug-likeness (QED) is 0.910. The fraction of sp³-hybridized carbons (Fsp3) is 0.333. The second-order valence-corrected chi connectivity index (χ2v) is 4.77. The third kappa shape index (κ3) is 2.74. The standard InChI is InChI=1S/C15H16N2O2/c18-14(13-8-16-10-17-9-13)3-1-11-2-4-15-12(7-11)5-6-19-15/h2,4,7-10,14,18H,1,3,5-6H2. The van der Waals surface area contributed by atoms with Gasteiger partial charge in [0.25, 0.3) is 0 Å². The molecule has 0 aliphatic carbocycles. The Labute approximate surface area is 112 Å². The van der Waals surface area contributed by atoms with Crippen molar-refractivity contribution in [3.63, 3.8) is 0 Å². The Bertz CT molecular complexity index is 557. The van der Waals surface area contributed by atoms with Gasteiger partial charge in [0, 0.05) is 24.4 Å². The van der Waals surface area contributed by atoms with Crippen molar-refractivity contribution in [1.29, 1.82) is 0 Å². The number of aryl methyl sites for hydroxylation is 1. The smallest absolute Gasteiger partial charge is 0.122 e. The Morgan fingerprint density at radius 1 is 1.26 bits per heavy atom. The average Bonchev–Trinajstić information content (AvgIpc) is 2.93. The van der Waals surface area contributed by atoms with Gasteiger partial charge in [-0.25, -0.2) is 9.97 Å². The topological polar surface area (TPSA) is 55.2 Å². The number of benzene rings is 1. The Morgan fingerprint density at radius 3 is 2.95 bits per heavy atom. The van der Waals surface area contributed by atoms with E-state index >= 15 is 0 Å². The Morgan fingerprint density at radius 2 is 2.11 bits per heavy atom. The van der Waals surface area contributed by atoms with E-state index in [1.807, 2.05) is 6.07 Å². The molecule has 1 aliphatic heterocycles. The van der Waals surface area contributed by atoms with E-state index in [2.05, 4.69) is 22.1 Å². The number of fused-ring (bicyclic) bond motifs is 1. The third-order valence-electron chi connectivity index (χ3n) is 3.43. The number of rotatable bonds is 4. The summed E-state index contributed by atoms with van der Waals surface area (Å²) in [5, 5.41) is 10.1. The van der Waals surface area contributed by atoms with Crippen LogP contribution in [0.1, 0.15) is 29.2 Å². The largest absolute Gasteiger partial charge is 0.493 e. The molecule has 1 N–H and O–H groups in total. The highest BCUT2D eigenvalue weighted by Gasteiger charge is 2.13. The molecule has 0 fully saturated rings. The zero-order valence-corrected chi connectivity index (χ0v) is 10.6. The highest BCUT2D eigenvalue weighted by molar-refractivity contribution is 5.39. The molecule has 4 heteroatoms. The molecule has 0 bridgehead atoms. The molecule has 98 valence electrons. The van der Waals surface area contributed by atoms with Crippen molar-refractivity contribution in [3.8, 4) is 5.75 Å². The van der Waals surface area contributed by atoms with E-state index in [9.17, 15) is 5.11 Å². The Hall–Kier alpha value is -1.94. The molecule has 4 nitrogen and oxygen atoms in total. The molecule has 1 unspecified atom stereocenters. The van der Waals surface area contributed by atoms with Crippen LogP contribution in [0.3, 0.4) is 0 Å². The van der Waals surface area contributed by atoms with Gasteiger partial charge in [0.15, 0.2) is 0 Å². The maximum absolute atomic E-state index is 10.1. The van der Waals surface area contributed by atoms with Crippen molar-refractivity contribution in [3.05, 3.63) is 53.6 Å². The van der Waals surface area contributed by atoms with Gasteiger partial charge in [-0.2, -0.15) is 0 Å². The minimum absolute atomic E-state index is 0.509. The second-order valence-electron chi connectivity index (χ2n) is 4.77. The maximum atomic E-state index is 10.1. The first-order valence-electron chi connectivity index (χ1n) is 6.50. The fourth-order valence-electron chi connectivity index (χ4n) is 2.35. The summed E-state index contributed by atoms with van der Waals surface area (Å²) < 4.78 is 5.48. The van der Waals surface area contributed by atoms with Crippen LogP contribution in [0.25, 0.3) is 0 Å². The van der Waals surface area contributed by atoms with Gasteiger partial charge in [0.1, 0.15) is 12.1 Å². The third-order valence-corrected chi connectivity index (χ3v) is 3.43. The first-order valence-corrected chi connectivity index (χ1v) is 6.50. The lowest BCUT2D eigenvalue weighted by molar-refractivity contribution is 0.167. The van der Waals surface area contributed by atoms with Gasteiger partial charge in [-0.1, -0.05) is 12.1 Å².